The van der Waals surface area contributed by atoms with E-state index in [0.29, 0.717) is 21.4 Å². The molecule has 1 aromatic heterocycles. The SMILES string of the molecule is Cc1cc(NC(=O)c2cscn2)c(Br)cc1S(N)(=O)=O. The van der Waals surface area contributed by atoms with Crippen LogP contribution in [0.15, 0.2) is 32.4 Å². The number of nitrogens with one attached hydrogen (secondary N) is 1. The molecule has 0 atom stereocenters. The van der Waals surface area contributed by atoms with Crippen LogP contribution in [0.4, 0.5) is 5.69 Å². The molecule has 1 aromatic carbocycles. The zero-order valence-electron chi connectivity index (χ0n) is 10.3. The molecule has 0 aliphatic rings. The molecule has 0 bridgehead atoms. The van der Waals surface area contributed by atoms with Crippen LogP contribution in [0.3, 0.4) is 0 Å². The minimum Gasteiger partial charge on any atom is -0.320 e. The Balaban J connectivity index is 2.35. The van der Waals surface area contributed by atoms with Crippen LogP contribution in [0.5, 0.6) is 0 Å². The van der Waals surface area contributed by atoms with Crippen molar-refractivity contribution in [3.63, 3.8) is 0 Å². The average molecular weight is 376 g/mol. The first-order valence-electron chi connectivity index (χ1n) is 5.31. The first-order valence-corrected chi connectivity index (χ1v) is 8.59. The maximum absolute atomic E-state index is 11.9. The molecule has 1 amide bonds. The fraction of sp³-hybridized carbons (Fsp3) is 0.0909. The topological polar surface area (TPSA) is 102 Å². The van der Waals surface area contributed by atoms with Gasteiger partial charge in [-0.2, -0.15) is 0 Å². The summed E-state index contributed by atoms with van der Waals surface area (Å²) in [6.07, 6.45) is 0. The zero-order chi connectivity index (χ0) is 14.9. The number of amides is 1. The lowest BCUT2D eigenvalue weighted by Crippen LogP contribution is -2.16. The van der Waals surface area contributed by atoms with E-state index in [1.165, 1.54) is 23.5 Å². The van der Waals surface area contributed by atoms with Gasteiger partial charge >= 0.3 is 0 Å². The van der Waals surface area contributed by atoms with E-state index in [-0.39, 0.29) is 10.8 Å². The van der Waals surface area contributed by atoms with Gasteiger partial charge in [0.15, 0.2) is 0 Å². The van der Waals surface area contributed by atoms with Crippen LogP contribution in [-0.2, 0) is 10.0 Å². The summed E-state index contributed by atoms with van der Waals surface area (Å²) in [5.41, 5.74) is 2.76. The minimum atomic E-state index is -3.80. The third-order valence-corrected chi connectivity index (χ3v) is 4.78. The predicted octanol–water partition coefficient (Wildman–Crippen LogP) is 2.11. The molecule has 0 fully saturated rings. The molecule has 106 valence electrons. The summed E-state index contributed by atoms with van der Waals surface area (Å²) in [5, 5.41) is 9.39. The highest BCUT2D eigenvalue weighted by Gasteiger charge is 2.16. The molecule has 0 aliphatic heterocycles. The van der Waals surface area contributed by atoms with Gasteiger partial charge in [-0.25, -0.2) is 18.5 Å². The number of benzene rings is 1. The highest BCUT2D eigenvalue weighted by Crippen LogP contribution is 2.28. The molecule has 3 N–H and O–H groups in total. The van der Waals surface area contributed by atoms with Crippen molar-refractivity contribution >= 4 is 48.9 Å². The van der Waals surface area contributed by atoms with E-state index in [4.69, 9.17) is 5.14 Å². The monoisotopic (exact) mass is 375 g/mol. The van der Waals surface area contributed by atoms with Gasteiger partial charge in [-0.3, -0.25) is 4.79 Å². The van der Waals surface area contributed by atoms with Crippen LogP contribution in [-0.4, -0.2) is 19.3 Å². The van der Waals surface area contributed by atoms with Crippen molar-refractivity contribution in [3.8, 4) is 0 Å². The first kappa shape index (κ1) is 15.1. The van der Waals surface area contributed by atoms with E-state index >= 15 is 0 Å². The Bertz CT molecular complexity index is 757. The standard InChI is InChI=1S/C11H10BrN3O3S2/c1-6-2-8(7(12)3-10(6)20(13,17)18)15-11(16)9-4-19-5-14-9/h2-5H,1H3,(H,15,16)(H2,13,17,18). The number of sulfonamides is 1. The predicted molar refractivity (Wildman–Crippen MR) is 80.3 cm³/mol. The number of primary sulfonamides is 1. The number of thiazole rings is 1. The highest BCUT2D eigenvalue weighted by atomic mass is 79.9. The molecule has 0 spiro atoms. The molecule has 0 aliphatic carbocycles. The molecule has 1 heterocycles. The van der Waals surface area contributed by atoms with E-state index in [9.17, 15) is 13.2 Å². The third-order valence-electron chi connectivity index (χ3n) is 2.48. The Hall–Kier alpha value is -1.29. The second-order valence-electron chi connectivity index (χ2n) is 3.97. The van der Waals surface area contributed by atoms with Crippen LogP contribution in [0, 0.1) is 6.92 Å². The molecule has 20 heavy (non-hydrogen) atoms. The fourth-order valence-corrected chi connectivity index (χ4v) is 3.49. The Morgan fingerprint density at radius 2 is 2.15 bits per heavy atom. The van der Waals surface area contributed by atoms with Crippen LogP contribution in [0.25, 0.3) is 0 Å². The van der Waals surface area contributed by atoms with Crippen molar-refractivity contribution in [2.24, 2.45) is 5.14 Å². The van der Waals surface area contributed by atoms with Gasteiger partial charge in [0.05, 0.1) is 16.1 Å². The number of nitrogens with zero attached hydrogens (tertiary/aromatic N) is 1. The van der Waals surface area contributed by atoms with Gasteiger partial charge in [0.25, 0.3) is 5.91 Å². The minimum absolute atomic E-state index is 0.0102. The molecule has 0 radical (unpaired) electrons. The lowest BCUT2D eigenvalue weighted by molar-refractivity contribution is 0.102. The fourth-order valence-electron chi connectivity index (χ4n) is 1.58. The molecule has 0 saturated heterocycles. The van der Waals surface area contributed by atoms with Crippen LogP contribution >= 0.6 is 27.3 Å². The van der Waals surface area contributed by atoms with Crippen molar-refractivity contribution in [2.45, 2.75) is 11.8 Å². The number of hydrogen-bond donors (Lipinski definition) is 2. The largest absolute Gasteiger partial charge is 0.320 e. The van der Waals surface area contributed by atoms with Gasteiger partial charge in [0, 0.05) is 9.85 Å². The normalized spacial score (nSPS) is 11.3. The second kappa shape index (κ2) is 5.60. The number of carbonyl (C=O) groups excluding carboxylic acids is 1. The number of carbonyl (C=O) groups is 1. The highest BCUT2D eigenvalue weighted by molar-refractivity contribution is 9.10. The number of aryl methyl sites for hydroxylation is 1. The Kier molecular flexibility index (Phi) is 4.23. The summed E-state index contributed by atoms with van der Waals surface area (Å²) < 4.78 is 23.2. The van der Waals surface area contributed by atoms with Gasteiger partial charge in [-0.1, -0.05) is 0 Å². The lowest BCUT2D eigenvalue weighted by Gasteiger charge is -2.10. The maximum atomic E-state index is 11.9. The molecule has 9 heteroatoms. The van der Waals surface area contributed by atoms with Gasteiger partial charge in [-0.05, 0) is 40.5 Å². The quantitative estimate of drug-likeness (QED) is 0.857. The lowest BCUT2D eigenvalue weighted by atomic mass is 10.2. The van der Waals surface area contributed by atoms with E-state index in [1.807, 2.05) is 0 Å². The molecule has 2 aromatic rings. The number of anilines is 1. The summed E-state index contributed by atoms with van der Waals surface area (Å²) in [5.74, 6) is -0.366. The molecule has 0 saturated carbocycles. The summed E-state index contributed by atoms with van der Waals surface area (Å²) in [7, 11) is -3.80. The average Bonchev–Trinajstić information content (AvgIpc) is 2.85. The van der Waals surface area contributed by atoms with Crippen molar-refractivity contribution < 1.29 is 13.2 Å². The summed E-state index contributed by atoms with van der Waals surface area (Å²) in [4.78, 5) is 15.8. The molecule has 0 unspecified atom stereocenters. The van der Waals surface area contributed by atoms with Crippen LogP contribution in [0.1, 0.15) is 16.1 Å². The van der Waals surface area contributed by atoms with E-state index in [2.05, 4.69) is 26.2 Å². The number of aromatic nitrogens is 1. The zero-order valence-corrected chi connectivity index (χ0v) is 13.5. The first-order chi connectivity index (χ1) is 9.29. The van der Waals surface area contributed by atoms with Crippen LogP contribution < -0.4 is 10.5 Å². The number of halogens is 1. The van der Waals surface area contributed by atoms with Crippen molar-refractivity contribution in [1.82, 2.24) is 4.98 Å². The maximum Gasteiger partial charge on any atom is 0.275 e. The Labute approximate surface area is 128 Å². The van der Waals surface area contributed by atoms with Gasteiger partial charge in [0.2, 0.25) is 10.0 Å². The van der Waals surface area contributed by atoms with Gasteiger partial charge in [0.1, 0.15) is 5.69 Å². The number of hydrogen-bond acceptors (Lipinski definition) is 5. The third kappa shape index (κ3) is 3.23. The van der Waals surface area contributed by atoms with Gasteiger partial charge < -0.3 is 5.32 Å². The molecule has 2 rings (SSSR count). The van der Waals surface area contributed by atoms with Crippen LogP contribution in [0.2, 0.25) is 0 Å². The molecular weight excluding hydrogens is 366 g/mol. The second-order valence-corrected chi connectivity index (χ2v) is 7.07. The van der Waals surface area contributed by atoms with E-state index in [0.717, 1.165) is 0 Å². The smallest absolute Gasteiger partial charge is 0.275 e. The molecule has 6 nitrogen and oxygen atoms in total. The Morgan fingerprint density at radius 3 is 2.70 bits per heavy atom. The van der Waals surface area contributed by atoms with Gasteiger partial charge in [-0.15, -0.1) is 11.3 Å². The number of rotatable bonds is 3. The van der Waals surface area contributed by atoms with Crippen molar-refractivity contribution in [1.29, 1.82) is 0 Å². The van der Waals surface area contributed by atoms with E-state index in [1.54, 1.807) is 17.8 Å². The van der Waals surface area contributed by atoms with E-state index < -0.39 is 10.0 Å². The summed E-state index contributed by atoms with van der Waals surface area (Å²) in [6, 6.07) is 2.90. The van der Waals surface area contributed by atoms with Crippen molar-refractivity contribution in [3.05, 3.63) is 38.8 Å². The molecular formula is C11H10BrN3O3S2. The summed E-state index contributed by atoms with van der Waals surface area (Å²) >= 11 is 4.53. The Morgan fingerprint density at radius 1 is 1.45 bits per heavy atom. The summed E-state index contributed by atoms with van der Waals surface area (Å²) in [6.45, 7) is 1.60. The number of nitrogens with two attached hydrogens (primary N) is 1. The van der Waals surface area contributed by atoms with Crippen molar-refractivity contribution in [2.75, 3.05) is 5.32 Å².